The Morgan fingerprint density at radius 2 is 1.18 bits per heavy atom. The molecule has 3 rings (SSSR count). The summed E-state index contributed by atoms with van der Waals surface area (Å²) < 4.78 is 7.63. The molecule has 0 amide bonds. The molecule has 3 aromatic rings. The highest BCUT2D eigenvalue weighted by Gasteiger charge is 2.19. The van der Waals surface area contributed by atoms with Gasteiger partial charge >= 0.3 is 0 Å². The van der Waals surface area contributed by atoms with Gasteiger partial charge in [0.2, 0.25) is 0 Å². The first-order chi connectivity index (χ1) is 10.8. The molecule has 0 unspecified atom stereocenters. The molecule has 0 saturated heterocycles. The van der Waals surface area contributed by atoms with Crippen LogP contribution in [0.2, 0.25) is 0 Å². The molecule has 0 heterocycles. The smallest absolute Gasteiger partial charge is 0.283 e. The molecular weight excluding hydrogens is 399 g/mol. The number of hydrogen-bond donors (Lipinski definition) is 0. The van der Waals surface area contributed by atoms with Crippen molar-refractivity contribution in [3.8, 4) is 0 Å². The van der Waals surface area contributed by atoms with Crippen LogP contribution in [-0.4, -0.2) is 9.04 Å². The first kappa shape index (κ1) is 15.5. The fourth-order valence-electron chi connectivity index (χ4n) is 2.28. The van der Waals surface area contributed by atoms with E-state index in [1.54, 1.807) is 0 Å². The average molecular weight is 415 g/mol. The molecule has 0 aromatic heterocycles. The van der Waals surface area contributed by atoms with Crippen molar-refractivity contribution in [1.82, 2.24) is 0 Å². The zero-order chi connectivity index (χ0) is 15.2. The maximum Gasteiger partial charge on any atom is 0.283 e. The van der Waals surface area contributed by atoms with Gasteiger partial charge in [0.15, 0.2) is 0 Å². The van der Waals surface area contributed by atoms with Gasteiger partial charge in [0, 0.05) is 3.57 Å². The third-order valence-electron chi connectivity index (χ3n) is 3.40. The van der Waals surface area contributed by atoms with E-state index in [9.17, 15) is 0 Å². The van der Waals surface area contributed by atoms with Gasteiger partial charge in [-0.3, -0.25) is 0 Å². The Hall–Kier alpha value is -1.43. The summed E-state index contributed by atoms with van der Waals surface area (Å²) in [6, 6.07) is 29.5. The monoisotopic (exact) mass is 415 g/mol. The lowest BCUT2D eigenvalue weighted by atomic mass is 10.2. The number of benzene rings is 3. The minimum atomic E-state index is -1.22. The zero-order valence-electron chi connectivity index (χ0n) is 12.1. The molecule has 0 fully saturated rings. The van der Waals surface area contributed by atoms with Crippen molar-refractivity contribution in [2.75, 3.05) is 0 Å². The molecule has 0 saturated carbocycles. The van der Waals surface area contributed by atoms with Crippen LogP contribution in [0.5, 0.6) is 0 Å². The van der Waals surface area contributed by atoms with Crippen molar-refractivity contribution < 1.29 is 4.43 Å². The fourth-order valence-corrected chi connectivity index (χ4v) is 4.78. The summed E-state index contributed by atoms with van der Waals surface area (Å²) in [4.78, 5) is 0. The molecule has 0 aliphatic carbocycles. The van der Waals surface area contributed by atoms with Gasteiger partial charge in [0.1, 0.15) is 0 Å². The molecule has 0 spiro atoms. The number of halogens is 1. The zero-order valence-corrected chi connectivity index (χ0v) is 15.2. The van der Waals surface area contributed by atoms with E-state index in [0.29, 0.717) is 6.61 Å². The third-order valence-corrected chi connectivity index (χ3v) is 6.60. The van der Waals surface area contributed by atoms with E-state index in [2.05, 4.69) is 95.4 Å². The summed E-state index contributed by atoms with van der Waals surface area (Å²) in [5.41, 5.74) is 1.25. The lowest BCUT2D eigenvalue weighted by molar-refractivity contribution is 0.321. The summed E-state index contributed by atoms with van der Waals surface area (Å²) in [5.74, 6) is 0. The van der Waals surface area contributed by atoms with Crippen molar-refractivity contribution in [3.63, 3.8) is 0 Å². The molecule has 0 N–H and O–H groups in total. The van der Waals surface area contributed by atoms with Gasteiger partial charge in [-0.25, -0.2) is 0 Å². The van der Waals surface area contributed by atoms with Gasteiger partial charge in [-0.1, -0.05) is 78.9 Å². The van der Waals surface area contributed by atoms with Crippen molar-refractivity contribution in [1.29, 1.82) is 0 Å². The lowest BCUT2D eigenvalue weighted by Crippen LogP contribution is -2.44. The largest absolute Gasteiger partial charge is 0.403 e. The molecule has 0 aliphatic heterocycles. The van der Waals surface area contributed by atoms with E-state index in [1.165, 1.54) is 19.5 Å². The summed E-state index contributed by atoms with van der Waals surface area (Å²) in [7, 11) is -1.22. The SMILES string of the molecule is Ic1ccccc1CO[Si](c1ccccc1)c1ccccc1. The van der Waals surface area contributed by atoms with Crippen molar-refractivity contribution >= 4 is 42.0 Å². The van der Waals surface area contributed by atoms with Crippen LogP contribution in [0.25, 0.3) is 0 Å². The van der Waals surface area contributed by atoms with Crippen LogP contribution in [0.3, 0.4) is 0 Å². The summed E-state index contributed by atoms with van der Waals surface area (Å²) >= 11 is 2.37. The van der Waals surface area contributed by atoms with Gasteiger partial charge in [0.05, 0.1) is 6.61 Å². The Morgan fingerprint density at radius 1 is 0.682 bits per heavy atom. The van der Waals surface area contributed by atoms with Crippen LogP contribution in [0, 0.1) is 3.57 Å². The Balaban J connectivity index is 1.85. The quantitative estimate of drug-likeness (QED) is 0.457. The maximum atomic E-state index is 6.38. The van der Waals surface area contributed by atoms with Crippen LogP contribution in [0.15, 0.2) is 84.9 Å². The van der Waals surface area contributed by atoms with E-state index in [1.807, 2.05) is 12.1 Å². The molecule has 0 aliphatic rings. The van der Waals surface area contributed by atoms with E-state index in [4.69, 9.17) is 4.43 Å². The van der Waals surface area contributed by atoms with Gasteiger partial charge in [-0.15, -0.1) is 0 Å². The molecular formula is C19H16IOSi. The minimum Gasteiger partial charge on any atom is -0.403 e. The van der Waals surface area contributed by atoms with Crippen molar-refractivity contribution in [2.45, 2.75) is 6.61 Å². The third kappa shape index (κ3) is 3.85. The lowest BCUT2D eigenvalue weighted by Gasteiger charge is -2.17. The molecule has 3 aromatic carbocycles. The van der Waals surface area contributed by atoms with E-state index in [0.717, 1.165) is 0 Å². The topological polar surface area (TPSA) is 9.23 Å². The second kappa shape index (κ2) is 7.72. The first-order valence-corrected chi connectivity index (χ1v) is 9.67. The highest BCUT2D eigenvalue weighted by molar-refractivity contribution is 14.1. The van der Waals surface area contributed by atoms with Gasteiger partial charge in [0.25, 0.3) is 9.04 Å². The van der Waals surface area contributed by atoms with Crippen LogP contribution in [-0.2, 0) is 11.0 Å². The van der Waals surface area contributed by atoms with E-state index in [-0.39, 0.29) is 0 Å². The van der Waals surface area contributed by atoms with E-state index < -0.39 is 9.04 Å². The molecule has 22 heavy (non-hydrogen) atoms. The Kier molecular flexibility index (Phi) is 5.42. The maximum absolute atomic E-state index is 6.38. The Labute approximate surface area is 146 Å². The van der Waals surface area contributed by atoms with Crippen LogP contribution in [0.1, 0.15) is 5.56 Å². The second-order valence-electron chi connectivity index (χ2n) is 4.94. The summed E-state index contributed by atoms with van der Waals surface area (Å²) in [5, 5.41) is 2.56. The molecule has 3 heteroatoms. The predicted molar refractivity (Wildman–Crippen MR) is 102 cm³/mol. The standard InChI is InChI=1S/C19H16IOSi/c20-19-14-8-7-9-16(19)15-21-22(17-10-3-1-4-11-17)18-12-5-2-6-13-18/h1-14H,15H2. The van der Waals surface area contributed by atoms with Crippen LogP contribution in [0.4, 0.5) is 0 Å². The first-order valence-electron chi connectivity index (χ1n) is 7.18. The van der Waals surface area contributed by atoms with Gasteiger partial charge < -0.3 is 4.43 Å². The number of hydrogen-bond acceptors (Lipinski definition) is 1. The van der Waals surface area contributed by atoms with Crippen LogP contribution >= 0.6 is 22.6 Å². The predicted octanol–water partition coefficient (Wildman–Crippen LogP) is 3.61. The highest BCUT2D eigenvalue weighted by Crippen LogP contribution is 2.13. The average Bonchev–Trinajstić information content (AvgIpc) is 2.59. The molecule has 1 nitrogen and oxygen atoms in total. The number of rotatable bonds is 5. The summed E-state index contributed by atoms with van der Waals surface area (Å²) in [6.07, 6.45) is 0. The highest BCUT2D eigenvalue weighted by atomic mass is 127. The normalized spacial score (nSPS) is 10.8. The van der Waals surface area contributed by atoms with Crippen LogP contribution < -0.4 is 10.4 Å². The van der Waals surface area contributed by atoms with Gasteiger partial charge in [-0.05, 0) is 44.6 Å². The molecule has 0 bridgehead atoms. The van der Waals surface area contributed by atoms with Crippen molar-refractivity contribution in [3.05, 3.63) is 94.1 Å². The minimum absolute atomic E-state index is 0.650. The van der Waals surface area contributed by atoms with Gasteiger partial charge in [-0.2, -0.15) is 0 Å². The second-order valence-corrected chi connectivity index (χ2v) is 8.21. The van der Waals surface area contributed by atoms with Crippen molar-refractivity contribution in [2.24, 2.45) is 0 Å². The summed E-state index contributed by atoms with van der Waals surface area (Å²) in [6.45, 7) is 0.650. The fraction of sp³-hybridized carbons (Fsp3) is 0.0526. The van der Waals surface area contributed by atoms with E-state index >= 15 is 0 Å². The molecule has 109 valence electrons. The molecule has 1 radical (unpaired) electrons. The Bertz CT molecular complexity index is 676. The Morgan fingerprint density at radius 3 is 1.73 bits per heavy atom. The molecule has 0 atom stereocenters.